The third kappa shape index (κ3) is 7.76. The largest absolute Gasteiger partial charge is 0.497 e. The van der Waals surface area contributed by atoms with E-state index < -0.39 is 6.04 Å². The summed E-state index contributed by atoms with van der Waals surface area (Å²) >= 11 is 6.40. The summed E-state index contributed by atoms with van der Waals surface area (Å²) in [4.78, 5) is 28.0. The van der Waals surface area contributed by atoms with Gasteiger partial charge in [-0.05, 0) is 47.9 Å². The fourth-order valence-electron chi connectivity index (χ4n) is 3.76. The quantitative estimate of drug-likeness (QED) is 0.364. The van der Waals surface area contributed by atoms with E-state index in [-0.39, 0.29) is 24.8 Å². The molecular formula is C28H31ClN2O4. The van der Waals surface area contributed by atoms with Gasteiger partial charge in [-0.3, -0.25) is 9.59 Å². The van der Waals surface area contributed by atoms with E-state index in [1.165, 1.54) is 0 Å². The summed E-state index contributed by atoms with van der Waals surface area (Å²) in [7, 11) is 3.20. The van der Waals surface area contributed by atoms with Gasteiger partial charge in [0.25, 0.3) is 0 Å². The van der Waals surface area contributed by atoms with Crippen LogP contribution in [0.15, 0.2) is 78.9 Å². The number of methoxy groups -OCH3 is 1. The lowest BCUT2D eigenvalue weighted by atomic mass is 10.0. The predicted molar refractivity (Wildman–Crippen MR) is 138 cm³/mol. The standard InChI is InChI=1S/C28H31ClN2O4/c1-30-28(33)26(19-21-9-4-3-5-10-21)31(20-22-11-6-7-12-25(22)29)27(32)13-8-18-35-24-16-14-23(34-2)15-17-24/h3-7,9-12,14-17,26H,8,13,18-20H2,1-2H3,(H,30,33)/t26-/m1/s1. The first-order valence-electron chi connectivity index (χ1n) is 11.6. The van der Waals surface area contributed by atoms with Crippen molar-refractivity contribution in [2.75, 3.05) is 20.8 Å². The van der Waals surface area contributed by atoms with E-state index in [1.54, 1.807) is 25.1 Å². The number of nitrogens with zero attached hydrogens (tertiary/aromatic N) is 1. The second-order valence-electron chi connectivity index (χ2n) is 8.06. The van der Waals surface area contributed by atoms with Crippen LogP contribution in [0.2, 0.25) is 5.02 Å². The summed E-state index contributed by atoms with van der Waals surface area (Å²) in [5.74, 6) is 1.11. The smallest absolute Gasteiger partial charge is 0.242 e. The second-order valence-corrected chi connectivity index (χ2v) is 8.47. The molecule has 0 aliphatic carbocycles. The molecule has 0 spiro atoms. The maximum absolute atomic E-state index is 13.4. The first kappa shape index (κ1) is 26.1. The number of hydrogen-bond donors (Lipinski definition) is 1. The Hall–Kier alpha value is -3.51. The molecule has 0 radical (unpaired) electrons. The number of amides is 2. The van der Waals surface area contributed by atoms with Crippen molar-refractivity contribution in [3.63, 3.8) is 0 Å². The molecule has 0 fully saturated rings. The highest BCUT2D eigenvalue weighted by molar-refractivity contribution is 6.31. The van der Waals surface area contributed by atoms with Crippen LogP contribution in [0.5, 0.6) is 11.5 Å². The Labute approximate surface area is 211 Å². The van der Waals surface area contributed by atoms with E-state index in [1.807, 2.05) is 72.8 Å². The lowest BCUT2D eigenvalue weighted by molar-refractivity contribution is -0.141. The molecule has 0 aliphatic rings. The number of hydrogen-bond acceptors (Lipinski definition) is 4. The lowest BCUT2D eigenvalue weighted by Crippen LogP contribution is -2.49. The molecule has 0 aromatic heterocycles. The van der Waals surface area contributed by atoms with Gasteiger partial charge in [-0.25, -0.2) is 0 Å². The van der Waals surface area contributed by atoms with E-state index in [2.05, 4.69) is 5.32 Å². The molecule has 3 aromatic rings. The van der Waals surface area contributed by atoms with E-state index >= 15 is 0 Å². The maximum Gasteiger partial charge on any atom is 0.242 e. The molecule has 3 aromatic carbocycles. The molecule has 3 rings (SSSR count). The normalized spacial score (nSPS) is 11.4. The van der Waals surface area contributed by atoms with Crippen molar-refractivity contribution in [1.29, 1.82) is 0 Å². The van der Waals surface area contributed by atoms with Gasteiger partial charge in [0.15, 0.2) is 0 Å². The molecular weight excluding hydrogens is 464 g/mol. The second kappa shape index (κ2) is 13.4. The van der Waals surface area contributed by atoms with Crippen LogP contribution in [0, 0.1) is 0 Å². The molecule has 6 nitrogen and oxygen atoms in total. The molecule has 0 saturated heterocycles. The topological polar surface area (TPSA) is 67.9 Å². The fraction of sp³-hybridized carbons (Fsp3) is 0.286. The van der Waals surface area contributed by atoms with Crippen LogP contribution >= 0.6 is 11.6 Å². The van der Waals surface area contributed by atoms with Gasteiger partial charge in [0.05, 0.1) is 13.7 Å². The molecule has 0 heterocycles. The Balaban J connectivity index is 1.73. The van der Waals surface area contributed by atoms with Gasteiger partial charge in [0, 0.05) is 31.5 Å². The molecule has 1 atom stereocenters. The summed E-state index contributed by atoms with van der Waals surface area (Å²) in [6.45, 7) is 0.615. The summed E-state index contributed by atoms with van der Waals surface area (Å²) in [6.07, 6.45) is 1.15. The number of halogens is 1. The summed E-state index contributed by atoms with van der Waals surface area (Å²) in [5.41, 5.74) is 1.76. The van der Waals surface area contributed by atoms with Crippen molar-refractivity contribution in [3.05, 3.63) is 95.0 Å². The Morgan fingerprint density at radius 2 is 1.60 bits per heavy atom. The van der Waals surface area contributed by atoms with Gasteiger partial charge >= 0.3 is 0 Å². The number of carbonyl (C=O) groups is 2. The summed E-state index contributed by atoms with van der Waals surface area (Å²) < 4.78 is 10.9. The average Bonchev–Trinajstić information content (AvgIpc) is 2.90. The van der Waals surface area contributed by atoms with E-state index in [0.29, 0.717) is 30.2 Å². The summed E-state index contributed by atoms with van der Waals surface area (Å²) in [6, 6.07) is 23.7. The molecule has 1 N–H and O–H groups in total. The van der Waals surface area contributed by atoms with Crippen LogP contribution in [0.4, 0.5) is 0 Å². The monoisotopic (exact) mass is 494 g/mol. The van der Waals surface area contributed by atoms with Gasteiger partial charge < -0.3 is 19.7 Å². The van der Waals surface area contributed by atoms with Crippen LogP contribution in [0.1, 0.15) is 24.0 Å². The number of ether oxygens (including phenoxy) is 2. The highest BCUT2D eigenvalue weighted by Gasteiger charge is 2.29. The van der Waals surface area contributed by atoms with E-state index in [4.69, 9.17) is 21.1 Å². The SMILES string of the molecule is CNC(=O)[C@@H](Cc1ccccc1)N(Cc1ccccc1Cl)C(=O)CCCOc1ccc(OC)cc1. The molecule has 0 aliphatic heterocycles. The number of likely N-dealkylation sites (N-methyl/N-ethyl adjacent to an activating group) is 1. The maximum atomic E-state index is 13.4. The van der Waals surface area contributed by atoms with Crippen molar-refractivity contribution in [3.8, 4) is 11.5 Å². The number of carbonyl (C=O) groups excluding carboxylic acids is 2. The highest BCUT2D eigenvalue weighted by Crippen LogP contribution is 2.22. The zero-order chi connectivity index (χ0) is 25.0. The fourth-order valence-corrected chi connectivity index (χ4v) is 3.96. The van der Waals surface area contributed by atoms with Crippen LogP contribution in [-0.4, -0.2) is 43.5 Å². The van der Waals surface area contributed by atoms with Gasteiger partial charge in [0.2, 0.25) is 11.8 Å². The zero-order valence-electron chi connectivity index (χ0n) is 20.1. The average molecular weight is 495 g/mol. The molecule has 184 valence electrons. The Kier molecular flexibility index (Phi) is 9.99. The molecule has 35 heavy (non-hydrogen) atoms. The molecule has 7 heteroatoms. The first-order valence-corrected chi connectivity index (χ1v) is 11.9. The minimum absolute atomic E-state index is 0.132. The minimum Gasteiger partial charge on any atom is -0.497 e. The van der Waals surface area contributed by atoms with Crippen LogP contribution in [-0.2, 0) is 22.6 Å². The first-order chi connectivity index (χ1) is 17.0. The Bertz CT molecular complexity index is 1090. The lowest BCUT2D eigenvalue weighted by Gasteiger charge is -2.31. The molecule has 2 amide bonds. The number of benzene rings is 3. The van der Waals surface area contributed by atoms with Crippen LogP contribution in [0.3, 0.4) is 0 Å². The van der Waals surface area contributed by atoms with E-state index in [9.17, 15) is 9.59 Å². The molecule has 0 bridgehead atoms. The van der Waals surface area contributed by atoms with Gasteiger partial charge in [-0.1, -0.05) is 60.1 Å². The van der Waals surface area contributed by atoms with Crippen molar-refractivity contribution in [1.82, 2.24) is 10.2 Å². The van der Waals surface area contributed by atoms with Gasteiger partial charge in [0.1, 0.15) is 17.5 Å². The van der Waals surface area contributed by atoms with Crippen molar-refractivity contribution < 1.29 is 19.1 Å². The van der Waals surface area contributed by atoms with Gasteiger partial charge in [-0.2, -0.15) is 0 Å². The Morgan fingerprint density at radius 3 is 2.26 bits per heavy atom. The third-order valence-corrected chi connectivity index (χ3v) is 6.05. The predicted octanol–water partition coefficient (Wildman–Crippen LogP) is 4.89. The minimum atomic E-state index is -0.673. The highest BCUT2D eigenvalue weighted by atomic mass is 35.5. The third-order valence-electron chi connectivity index (χ3n) is 5.68. The Morgan fingerprint density at radius 1 is 0.943 bits per heavy atom. The van der Waals surface area contributed by atoms with Crippen molar-refractivity contribution >= 4 is 23.4 Å². The van der Waals surface area contributed by atoms with Crippen LogP contribution in [0.25, 0.3) is 0 Å². The zero-order valence-corrected chi connectivity index (χ0v) is 20.8. The molecule has 0 unspecified atom stereocenters. The number of rotatable bonds is 12. The van der Waals surface area contributed by atoms with Crippen LogP contribution < -0.4 is 14.8 Å². The van der Waals surface area contributed by atoms with E-state index in [0.717, 1.165) is 16.9 Å². The number of nitrogens with one attached hydrogen (secondary N) is 1. The van der Waals surface area contributed by atoms with Crippen molar-refractivity contribution in [2.24, 2.45) is 0 Å². The van der Waals surface area contributed by atoms with Gasteiger partial charge in [-0.15, -0.1) is 0 Å². The summed E-state index contributed by atoms with van der Waals surface area (Å²) in [5, 5.41) is 3.28. The van der Waals surface area contributed by atoms with Crippen molar-refractivity contribution in [2.45, 2.75) is 31.8 Å². The molecule has 0 saturated carbocycles.